The average Bonchev–Trinajstić information content (AvgIpc) is 2.69. The SMILES string of the molecule is CC(C)(Oc1ccc(Cl)cc1)C(=O)NCc1ccc(N2CCOCC2)nc1. The second kappa shape index (κ2) is 8.59. The van der Waals surface area contributed by atoms with Crippen molar-refractivity contribution in [3.05, 3.63) is 53.2 Å². The second-order valence-electron chi connectivity index (χ2n) is 6.87. The minimum Gasteiger partial charge on any atom is -0.478 e. The smallest absolute Gasteiger partial charge is 0.263 e. The number of benzene rings is 1. The van der Waals surface area contributed by atoms with Crippen LogP contribution < -0.4 is 15.0 Å². The van der Waals surface area contributed by atoms with Gasteiger partial charge in [0.15, 0.2) is 5.60 Å². The molecule has 1 aliphatic heterocycles. The molecule has 0 spiro atoms. The summed E-state index contributed by atoms with van der Waals surface area (Å²) in [5.41, 5.74) is -0.0719. The third-order valence-electron chi connectivity index (χ3n) is 4.33. The van der Waals surface area contributed by atoms with Crippen molar-refractivity contribution in [2.75, 3.05) is 31.2 Å². The Labute approximate surface area is 164 Å². The minimum atomic E-state index is -1.00. The van der Waals surface area contributed by atoms with Crippen molar-refractivity contribution in [2.24, 2.45) is 0 Å². The third-order valence-corrected chi connectivity index (χ3v) is 4.58. The van der Waals surface area contributed by atoms with E-state index in [1.807, 2.05) is 12.1 Å². The number of rotatable bonds is 6. The van der Waals surface area contributed by atoms with Crippen molar-refractivity contribution in [3.63, 3.8) is 0 Å². The molecule has 1 N–H and O–H groups in total. The van der Waals surface area contributed by atoms with Gasteiger partial charge in [-0.05, 0) is 49.7 Å². The number of ether oxygens (including phenoxy) is 2. The average molecular weight is 390 g/mol. The highest BCUT2D eigenvalue weighted by atomic mass is 35.5. The van der Waals surface area contributed by atoms with Crippen LogP contribution in [-0.4, -0.2) is 42.8 Å². The van der Waals surface area contributed by atoms with Crippen LogP contribution in [0.3, 0.4) is 0 Å². The fourth-order valence-corrected chi connectivity index (χ4v) is 2.87. The summed E-state index contributed by atoms with van der Waals surface area (Å²) in [7, 11) is 0. The van der Waals surface area contributed by atoms with E-state index in [1.165, 1.54) is 0 Å². The molecule has 1 aliphatic rings. The molecule has 0 bridgehead atoms. The number of morpholine rings is 1. The first-order valence-corrected chi connectivity index (χ1v) is 9.32. The van der Waals surface area contributed by atoms with Gasteiger partial charge in [-0.1, -0.05) is 17.7 Å². The molecule has 2 aromatic rings. The van der Waals surface area contributed by atoms with Crippen molar-refractivity contribution in [1.82, 2.24) is 10.3 Å². The molecular formula is C20H24ClN3O3. The van der Waals surface area contributed by atoms with Gasteiger partial charge in [0, 0.05) is 30.9 Å². The van der Waals surface area contributed by atoms with Crippen molar-refractivity contribution < 1.29 is 14.3 Å². The summed E-state index contributed by atoms with van der Waals surface area (Å²) in [6.07, 6.45) is 1.79. The fourth-order valence-electron chi connectivity index (χ4n) is 2.74. The number of aromatic nitrogens is 1. The zero-order valence-electron chi connectivity index (χ0n) is 15.6. The van der Waals surface area contributed by atoms with Crippen LogP contribution in [-0.2, 0) is 16.1 Å². The summed E-state index contributed by atoms with van der Waals surface area (Å²) in [6, 6.07) is 10.9. The van der Waals surface area contributed by atoms with Gasteiger partial charge in [-0.2, -0.15) is 0 Å². The molecular weight excluding hydrogens is 366 g/mol. The zero-order valence-corrected chi connectivity index (χ0v) is 16.3. The van der Waals surface area contributed by atoms with Crippen LogP contribution in [0, 0.1) is 0 Å². The Morgan fingerprint density at radius 1 is 1.22 bits per heavy atom. The number of anilines is 1. The number of nitrogens with one attached hydrogen (secondary N) is 1. The molecule has 0 saturated carbocycles. The lowest BCUT2D eigenvalue weighted by atomic mass is 10.1. The van der Waals surface area contributed by atoms with Crippen LogP contribution in [0.4, 0.5) is 5.82 Å². The van der Waals surface area contributed by atoms with Gasteiger partial charge in [-0.15, -0.1) is 0 Å². The molecule has 144 valence electrons. The number of halogens is 1. The highest BCUT2D eigenvalue weighted by molar-refractivity contribution is 6.30. The lowest BCUT2D eigenvalue weighted by molar-refractivity contribution is -0.134. The maximum Gasteiger partial charge on any atom is 0.263 e. The summed E-state index contributed by atoms with van der Waals surface area (Å²) >= 11 is 5.87. The van der Waals surface area contributed by atoms with Crippen LogP contribution in [0.5, 0.6) is 5.75 Å². The first-order valence-electron chi connectivity index (χ1n) is 8.94. The van der Waals surface area contributed by atoms with Crippen LogP contribution >= 0.6 is 11.6 Å². The fraction of sp³-hybridized carbons (Fsp3) is 0.400. The van der Waals surface area contributed by atoms with Gasteiger partial charge in [0.25, 0.3) is 5.91 Å². The standard InChI is InChI=1S/C20H24ClN3O3/c1-20(2,27-17-6-4-16(21)5-7-17)19(25)23-14-15-3-8-18(22-13-15)24-9-11-26-12-10-24/h3-8,13H,9-12,14H2,1-2H3,(H,23,25). The normalized spacial score (nSPS) is 14.7. The predicted molar refractivity (Wildman–Crippen MR) is 105 cm³/mol. The van der Waals surface area contributed by atoms with Gasteiger partial charge in [-0.3, -0.25) is 4.79 Å². The summed E-state index contributed by atoms with van der Waals surface area (Å²) in [6.45, 7) is 7.00. The van der Waals surface area contributed by atoms with Gasteiger partial charge in [0.05, 0.1) is 13.2 Å². The highest BCUT2D eigenvalue weighted by Gasteiger charge is 2.29. The molecule has 1 amide bonds. The quantitative estimate of drug-likeness (QED) is 0.822. The van der Waals surface area contributed by atoms with E-state index >= 15 is 0 Å². The monoisotopic (exact) mass is 389 g/mol. The van der Waals surface area contributed by atoms with E-state index in [9.17, 15) is 4.79 Å². The molecule has 0 atom stereocenters. The van der Waals surface area contributed by atoms with Gasteiger partial charge >= 0.3 is 0 Å². The summed E-state index contributed by atoms with van der Waals surface area (Å²) < 4.78 is 11.2. The Hall–Kier alpha value is -2.31. The lowest BCUT2D eigenvalue weighted by Gasteiger charge is -2.28. The number of hydrogen-bond acceptors (Lipinski definition) is 5. The van der Waals surface area contributed by atoms with Gasteiger partial charge in [0.2, 0.25) is 0 Å². The largest absolute Gasteiger partial charge is 0.478 e. The molecule has 6 nitrogen and oxygen atoms in total. The molecule has 1 fully saturated rings. The zero-order chi connectivity index (χ0) is 19.3. The van der Waals surface area contributed by atoms with E-state index in [4.69, 9.17) is 21.1 Å². The van der Waals surface area contributed by atoms with E-state index in [2.05, 4.69) is 15.2 Å². The summed E-state index contributed by atoms with van der Waals surface area (Å²) in [4.78, 5) is 19.2. The molecule has 1 aromatic heterocycles. The maximum absolute atomic E-state index is 12.5. The topological polar surface area (TPSA) is 63.7 Å². The first-order chi connectivity index (χ1) is 12.9. The van der Waals surface area contributed by atoms with Gasteiger partial charge < -0.3 is 19.7 Å². The number of nitrogens with zero attached hydrogens (tertiary/aromatic N) is 2. The molecule has 1 aromatic carbocycles. The molecule has 0 radical (unpaired) electrons. The molecule has 2 heterocycles. The Morgan fingerprint density at radius 2 is 1.93 bits per heavy atom. The molecule has 3 rings (SSSR count). The van der Waals surface area contributed by atoms with Crippen molar-refractivity contribution in [1.29, 1.82) is 0 Å². The Balaban J connectivity index is 1.53. The van der Waals surface area contributed by atoms with Crippen molar-refractivity contribution in [2.45, 2.75) is 26.0 Å². The van der Waals surface area contributed by atoms with Crippen LogP contribution in [0.1, 0.15) is 19.4 Å². The third kappa shape index (κ3) is 5.34. The molecule has 0 aliphatic carbocycles. The van der Waals surface area contributed by atoms with Crippen LogP contribution in [0.25, 0.3) is 0 Å². The highest BCUT2D eigenvalue weighted by Crippen LogP contribution is 2.21. The van der Waals surface area contributed by atoms with Crippen molar-refractivity contribution in [3.8, 4) is 5.75 Å². The van der Waals surface area contributed by atoms with Crippen LogP contribution in [0.15, 0.2) is 42.6 Å². The minimum absolute atomic E-state index is 0.199. The number of carbonyl (C=O) groups excluding carboxylic acids is 1. The Morgan fingerprint density at radius 3 is 2.56 bits per heavy atom. The van der Waals surface area contributed by atoms with Crippen LogP contribution in [0.2, 0.25) is 5.02 Å². The number of hydrogen-bond donors (Lipinski definition) is 1. The summed E-state index contributed by atoms with van der Waals surface area (Å²) in [5.74, 6) is 1.32. The van der Waals surface area contributed by atoms with Gasteiger partial charge in [-0.25, -0.2) is 4.98 Å². The van der Waals surface area contributed by atoms with E-state index in [0.717, 1.165) is 37.7 Å². The molecule has 1 saturated heterocycles. The number of pyridine rings is 1. The molecule has 7 heteroatoms. The van der Waals surface area contributed by atoms with E-state index < -0.39 is 5.60 Å². The number of amides is 1. The molecule has 27 heavy (non-hydrogen) atoms. The lowest BCUT2D eigenvalue weighted by Crippen LogP contribution is -2.46. The predicted octanol–water partition coefficient (Wildman–Crippen LogP) is 3.05. The summed E-state index contributed by atoms with van der Waals surface area (Å²) in [5, 5.41) is 3.53. The Bertz CT molecular complexity index is 757. The van der Waals surface area contributed by atoms with Crippen molar-refractivity contribution >= 4 is 23.3 Å². The van der Waals surface area contributed by atoms with Gasteiger partial charge in [0.1, 0.15) is 11.6 Å². The Kier molecular flexibility index (Phi) is 6.19. The van der Waals surface area contributed by atoms with E-state index in [-0.39, 0.29) is 5.91 Å². The van der Waals surface area contributed by atoms with E-state index in [0.29, 0.717) is 17.3 Å². The maximum atomic E-state index is 12.5. The van der Waals surface area contributed by atoms with E-state index in [1.54, 1.807) is 44.3 Å². The number of carbonyl (C=O) groups is 1. The second-order valence-corrected chi connectivity index (χ2v) is 7.31. The first kappa shape index (κ1) is 19.5. The molecule has 0 unspecified atom stereocenters.